The quantitative estimate of drug-likeness (QED) is 0.778. The van der Waals surface area contributed by atoms with Crippen LogP contribution in [0.5, 0.6) is 5.75 Å². The minimum Gasteiger partial charge on any atom is -0.508 e. The van der Waals surface area contributed by atoms with E-state index in [9.17, 15) is 15.0 Å². The van der Waals surface area contributed by atoms with Gasteiger partial charge in [-0.25, -0.2) is 0 Å². The van der Waals surface area contributed by atoms with Crippen molar-refractivity contribution in [3.63, 3.8) is 0 Å². The number of benzene rings is 1. The van der Waals surface area contributed by atoms with Gasteiger partial charge in [0.1, 0.15) is 5.75 Å². The van der Waals surface area contributed by atoms with Crippen molar-refractivity contribution in [1.82, 2.24) is 0 Å². The van der Waals surface area contributed by atoms with Gasteiger partial charge >= 0.3 is 5.97 Å². The number of hydrogen-bond donors (Lipinski definition) is 2. The number of aryl methyl sites for hydroxylation is 1. The number of fused-ring (bicyclic) bond motifs is 5. The first-order valence-corrected chi connectivity index (χ1v) is 10.6. The first kappa shape index (κ1) is 18.8. The summed E-state index contributed by atoms with van der Waals surface area (Å²) in [4.78, 5) is 11.9. The van der Waals surface area contributed by atoms with Crippen LogP contribution in [0.2, 0.25) is 0 Å². The van der Waals surface area contributed by atoms with Gasteiger partial charge in [0, 0.05) is 6.42 Å². The number of aromatic hydroxyl groups is 1. The fraction of sp³-hybridized carbons (Fsp3) is 0.696. The summed E-state index contributed by atoms with van der Waals surface area (Å²) in [6.45, 7) is 4.55. The summed E-state index contributed by atoms with van der Waals surface area (Å²) in [7, 11) is 0. The second kappa shape index (κ2) is 7.12. The lowest BCUT2D eigenvalue weighted by Gasteiger charge is -2.51. The van der Waals surface area contributed by atoms with Crippen LogP contribution in [0.15, 0.2) is 18.2 Å². The van der Waals surface area contributed by atoms with E-state index in [1.165, 1.54) is 11.1 Å². The van der Waals surface area contributed by atoms with Crippen molar-refractivity contribution >= 4 is 5.97 Å². The van der Waals surface area contributed by atoms with E-state index in [1.807, 2.05) is 19.1 Å². The molecule has 2 saturated carbocycles. The molecule has 6 atom stereocenters. The third-order valence-electron chi connectivity index (χ3n) is 7.83. The zero-order valence-electron chi connectivity index (χ0n) is 16.5. The number of ether oxygens (including phenoxy) is 1. The van der Waals surface area contributed by atoms with Crippen LogP contribution >= 0.6 is 0 Å². The number of aliphatic hydroxyl groups is 1. The SMILES string of the molecule is CCOC(=O)CC[C@H]1C[C@H](O)[C@@]2(C)CC[C@@H]3c4ccc(O)cc4CC[C@H]3[C@H]12. The average molecular weight is 373 g/mol. The van der Waals surface area contributed by atoms with E-state index in [0.717, 1.165) is 38.5 Å². The normalized spacial score (nSPS) is 37.2. The van der Waals surface area contributed by atoms with Gasteiger partial charge in [-0.15, -0.1) is 0 Å². The van der Waals surface area contributed by atoms with Crippen molar-refractivity contribution in [2.24, 2.45) is 23.2 Å². The van der Waals surface area contributed by atoms with Crippen molar-refractivity contribution in [3.05, 3.63) is 29.3 Å². The molecule has 2 N–H and O–H groups in total. The molecule has 0 heterocycles. The lowest BCUT2D eigenvalue weighted by atomic mass is 9.54. The Hall–Kier alpha value is -1.55. The topological polar surface area (TPSA) is 66.8 Å². The Bertz CT molecular complexity index is 714. The van der Waals surface area contributed by atoms with E-state index in [2.05, 4.69) is 13.0 Å². The number of aliphatic hydroxyl groups excluding tert-OH is 1. The van der Waals surface area contributed by atoms with E-state index in [4.69, 9.17) is 4.74 Å². The number of phenolic OH excluding ortho intramolecular Hbond substituents is 1. The van der Waals surface area contributed by atoms with Gasteiger partial charge in [0.05, 0.1) is 12.7 Å². The molecule has 0 aliphatic heterocycles. The predicted octanol–water partition coefficient (Wildman–Crippen LogP) is 4.18. The van der Waals surface area contributed by atoms with E-state index in [1.54, 1.807) is 0 Å². The number of phenols is 1. The highest BCUT2D eigenvalue weighted by Gasteiger charge is 2.58. The lowest BCUT2D eigenvalue weighted by molar-refractivity contribution is -0.143. The summed E-state index contributed by atoms with van der Waals surface area (Å²) in [5.41, 5.74) is 2.66. The molecular weight excluding hydrogens is 340 g/mol. The molecule has 4 rings (SSSR count). The average Bonchev–Trinajstić information content (AvgIpc) is 2.90. The van der Waals surface area contributed by atoms with Crippen molar-refractivity contribution in [1.29, 1.82) is 0 Å². The van der Waals surface area contributed by atoms with E-state index in [-0.39, 0.29) is 17.5 Å². The fourth-order valence-electron chi connectivity index (χ4n) is 6.66. The summed E-state index contributed by atoms with van der Waals surface area (Å²) < 4.78 is 5.13. The molecule has 1 aromatic rings. The first-order chi connectivity index (χ1) is 12.9. The van der Waals surface area contributed by atoms with Crippen LogP contribution in [0.25, 0.3) is 0 Å². The molecule has 4 heteroatoms. The fourth-order valence-corrected chi connectivity index (χ4v) is 6.66. The Labute approximate surface area is 161 Å². The first-order valence-electron chi connectivity index (χ1n) is 10.6. The molecule has 0 amide bonds. The van der Waals surface area contributed by atoms with Crippen molar-refractivity contribution in [3.8, 4) is 5.75 Å². The summed E-state index contributed by atoms with van der Waals surface area (Å²) in [5.74, 6) is 2.17. The Balaban J connectivity index is 1.58. The maximum atomic E-state index is 11.9. The Morgan fingerprint density at radius 3 is 2.93 bits per heavy atom. The molecule has 1 aromatic carbocycles. The summed E-state index contributed by atoms with van der Waals surface area (Å²) >= 11 is 0. The molecule has 0 saturated heterocycles. The molecule has 0 bridgehead atoms. The zero-order chi connectivity index (χ0) is 19.2. The molecule has 0 spiro atoms. The van der Waals surface area contributed by atoms with Crippen molar-refractivity contribution in [2.45, 2.75) is 70.8 Å². The van der Waals surface area contributed by atoms with Crippen LogP contribution in [-0.4, -0.2) is 28.9 Å². The number of hydrogen-bond acceptors (Lipinski definition) is 4. The molecule has 0 unspecified atom stereocenters. The number of esters is 1. The monoisotopic (exact) mass is 372 g/mol. The molecule has 148 valence electrons. The maximum Gasteiger partial charge on any atom is 0.305 e. The minimum atomic E-state index is -0.267. The van der Waals surface area contributed by atoms with Crippen molar-refractivity contribution in [2.75, 3.05) is 6.61 Å². The van der Waals surface area contributed by atoms with Gasteiger partial charge in [-0.2, -0.15) is 0 Å². The molecule has 2 fully saturated rings. The van der Waals surface area contributed by atoms with Crippen LogP contribution in [0.3, 0.4) is 0 Å². The van der Waals surface area contributed by atoms with Gasteiger partial charge in [-0.05, 0) is 97.8 Å². The third kappa shape index (κ3) is 3.16. The highest BCUT2D eigenvalue weighted by atomic mass is 16.5. The van der Waals surface area contributed by atoms with Crippen LogP contribution in [0.1, 0.15) is 69.4 Å². The van der Waals surface area contributed by atoms with Crippen LogP contribution in [0, 0.1) is 23.2 Å². The van der Waals surface area contributed by atoms with E-state index in [0.29, 0.717) is 42.4 Å². The van der Waals surface area contributed by atoms with Crippen LogP contribution in [0.4, 0.5) is 0 Å². The largest absolute Gasteiger partial charge is 0.508 e. The molecule has 4 nitrogen and oxygen atoms in total. The molecule has 27 heavy (non-hydrogen) atoms. The van der Waals surface area contributed by atoms with Gasteiger partial charge in [-0.3, -0.25) is 4.79 Å². The third-order valence-corrected chi connectivity index (χ3v) is 7.83. The number of carbonyl (C=O) groups is 1. The second-order valence-corrected chi connectivity index (χ2v) is 9.12. The standard InChI is InChI=1S/C23H32O4/c1-3-27-21(26)9-5-15-13-20(25)23(2)11-10-18-17-8-6-16(24)12-14(17)4-7-19(18)22(15)23/h6,8,12,15,18-20,22,24-25H,3-5,7,9-11,13H2,1-2H3/t15-,18+,19+,20-,22-,23+/m0/s1. The van der Waals surface area contributed by atoms with Gasteiger partial charge < -0.3 is 14.9 Å². The highest BCUT2D eigenvalue weighted by molar-refractivity contribution is 5.69. The van der Waals surface area contributed by atoms with E-state index >= 15 is 0 Å². The summed E-state index contributed by atoms with van der Waals surface area (Å²) in [5, 5.41) is 20.7. The zero-order valence-corrected chi connectivity index (χ0v) is 16.5. The minimum absolute atomic E-state index is 0.0328. The molecular formula is C23H32O4. The number of rotatable bonds is 4. The Morgan fingerprint density at radius 2 is 2.15 bits per heavy atom. The van der Waals surface area contributed by atoms with Crippen molar-refractivity contribution < 1.29 is 19.7 Å². The van der Waals surface area contributed by atoms with Gasteiger partial charge in [-0.1, -0.05) is 13.0 Å². The molecule has 3 aliphatic carbocycles. The molecule has 3 aliphatic rings. The summed E-state index contributed by atoms with van der Waals surface area (Å²) in [6.07, 6.45) is 6.08. The second-order valence-electron chi connectivity index (χ2n) is 9.12. The Kier molecular flexibility index (Phi) is 4.96. The number of carbonyl (C=O) groups excluding carboxylic acids is 1. The van der Waals surface area contributed by atoms with Gasteiger partial charge in [0.15, 0.2) is 0 Å². The smallest absolute Gasteiger partial charge is 0.305 e. The molecule has 0 radical (unpaired) electrons. The van der Waals surface area contributed by atoms with Gasteiger partial charge in [0.2, 0.25) is 0 Å². The Morgan fingerprint density at radius 1 is 1.33 bits per heavy atom. The lowest BCUT2D eigenvalue weighted by Crippen LogP contribution is -2.45. The van der Waals surface area contributed by atoms with Crippen LogP contribution < -0.4 is 0 Å². The summed E-state index contributed by atoms with van der Waals surface area (Å²) in [6, 6.07) is 5.86. The molecule has 0 aromatic heterocycles. The van der Waals surface area contributed by atoms with E-state index < -0.39 is 0 Å². The predicted molar refractivity (Wildman–Crippen MR) is 103 cm³/mol. The van der Waals surface area contributed by atoms with Gasteiger partial charge in [0.25, 0.3) is 0 Å². The van der Waals surface area contributed by atoms with Crippen LogP contribution in [-0.2, 0) is 16.0 Å². The maximum absolute atomic E-state index is 11.9. The highest BCUT2D eigenvalue weighted by Crippen LogP contribution is 2.63.